The molecule has 0 amide bonds. The number of rotatable bonds is 5. The molecule has 0 aliphatic heterocycles. The number of hydrogen-bond donors (Lipinski definition) is 1. The normalized spacial score (nSPS) is 10.3. The first-order chi connectivity index (χ1) is 7.88. The smallest absolute Gasteiger partial charge is 0.240 e. The number of para-hydroxylation sites is 1. The van der Waals surface area contributed by atoms with Crippen molar-refractivity contribution in [3.8, 4) is 5.75 Å². The van der Waals surface area contributed by atoms with Crippen LogP contribution in [0.25, 0.3) is 0 Å². The van der Waals surface area contributed by atoms with Gasteiger partial charge in [0, 0.05) is 0 Å². The molecule has 0 bridgehead atoms. The van der Waals surface area contributed by atoms with E-state index in [1.165, 1.54) is 0 Å². The fourth-order valence-electron chi connectivity index (χ4n) is 1.24. The van der Waals surface area contributed by atoms with Crippen LogP contribution in [0, 0.1) is 0 Å². The highest BCUT2D eigenvalue weighted by Crippen LogP contribution is 2.10. The molecule has 1 N–H and O–H groups in total. The number of nitrogens with one attached hydrogen (secondary N) is 1. The summed E-state index contributed by atoms with van der Waals surface area (Å²) in [7, 11) is 1.82. The van der Waals surface area contributed by atoms with Crippen molar-refractivity contribution in [3.63, 3.8) is 0 Å². The lowest BCUT2D eigenvalue weighted by Crippen LogP contribution is -2.05. The predicted octanol–water partition coefficient (Wildman–Crippen LogP) is 1.37. The molecular formula is C11H13N3O2. The number of hydrogen-bond acceptors (Lipinski definition) is 5. The van der Waals surface area contributed by atoms with Gasteiger partial charge in [0.05, 0.1) is 6.54 Å². The fraction of sp³-hybridized carbons (Fsp3) is 0.273. The van der Waals surface area contributed by atoms with Gasteiger partial charge in [0.15, 0.2) is 6.61 Å². The summed E-state index contributed by atoms with van der Waals surface area (Å²) in [6.45, 7) is 0.884. The molecule has 5 heteroatoms. The van der Waals surface area contributed by atoms with Crippen molar-refractivity contribution in [1.82, 2.24) is 15.5 Å². The molecule has 0 saturated carbocycles. The van der Waals surface area contributed by atoms with Crippen LogP contribution in [0.4, 0.5) is 0 Å². The third-order valence-corrected chi connectivity index (χ3v) is 1.95. The molecule has 1 heterocycles. The van der Waals surface area contributed by atoms with E-state index >= 15 is 0 Å². The van der Waals surface area contributed by atoms with Crippen LogP contribution in [0.1, 0.15) is 11.7 Å². The molecule has 5 nitrogen and oxygen atoms in total. The largest absolute Gasteiger partial charge is 0.485 e. The Labute approximate surface area is 93.4 Å². The monoisotopic (exact) mass is 219 g/mol. The first kappa shape index (κ1) is 10.6. The minimum atomic E-state index is 0.317. The Balaban J connectivity index is 1.89. The van der Waals surface area contributed by atoms with Crippen molar-refractivity contribution in [2.24, 2.45) is 0 Å². The van der Waals surface area contributed by atoms with E-state index in [1.807, 2.05) is 37.4 Å². The van der Waals surface area contributed by atoms with E-state index in [0.717, 1.165) is 5.75 Å². The highest BCUT2D eigenvalue weighted by Gasteiger charge is 2.05. The van der Waals surface area contributed by atoms with Gasteiger partial charge in [0.2, 0.25) is 11.7 Å². The van der Waals surface area contributed by atoms with E-state index in [-0.39, 0.29) is 0 Å². The summed E-state index contributed by atoms with van der Waals surface area (Å²) >= 11 is 0. The quantitative estimate of drug-likeness (QED) is 0.822. The molecule has 2 aromatic rings. The van der Waals surface area contributed by atoms with Crippen molar-refractivity contribution in [2.45, 2.75) is 13.2 Å². The Hall–Kier alpha value is -1.88. The maximum Gasteiger partial charge on any atom is 0.240 e. The van der Waals surface area contributed by atoms with E-state index in [1.54, 1.807) is 0 Å². The van der Waals surface area contributed by atoms with Crippen LogP contribution >= 0.6 is 0 Å². The van der Waals surface area contributed by atoms with Gasteiger partial charge in [0.1, 0.15) is 5.75 Å². The second kappa shape index (κ2) is 5.27. The van der Waals surface area contributed by atoms with Gasteiger partial charge >= 0.3 is 0 Å². The summed E-state index contributed by atoms with van der Waals surface area (Å²) in [6, 6.07) is 9.53. The highest BCUT2D eigenvalue weighted by molar-refractivity contribution is 5.20. The van der Waals surface area contributed by atoms with E-state index in [9.17, 15) is 0 Å². The second-order valence-corrected chi connectivity index (χ2v) is 3.24. The molecule has 0 atom stereocenters. The predicted molar refractivity (Wildman–Crippen MR) is 57.8 cm³/mol. The number of ether oxygens (including phenoxy) is 1. The Morgan fingerprint density at radius 2 is 2.12 bits per heavy atom. The molecule has 2 rings (SSSR count). The molecule has 0 aliphatic rings. The van der Waals surface area contributed by atoms with Crippen LogP contribution < -0.4 is 10.1 Å². The fourth-order valence-corrected chi connectivity index (χ4v) is 1.24. The average Bonchev–Trinajstić information content (AvgIpc) is 2.76. The van der Waals surface area contributed by atoms with Crippen molar-refractivity contribution >= 4 is 0 Å². The zero-order chi connectivity index (χ0) is 11.2. The van der Waals surface area contributed by atoms with Crippen LogP contribution in [-0.2, 0) is 13.2 Å². The molecular weight excluding hydrogens is 206 g/mol. The highest BCUT2D eigenvalue weighted by atomic mass is 16.5. The third kappa shape index (κ3) is 2.80. The van der Waals surface area contributed by atoms with Gasteiger partial charge in [-0.15, -0.1) is 0 Å². The van der Waals surface area contributed by atoms with Crippen molar-refractivity contribution < 1.29 is 9.26 Å². The van der Waals surface area contributed by atoms with E-state index < -0.39 is 0 Å². The molecule has 1 aromatic carbocycles. The van der Waals surface area contributed by atoms with Gasteiger partial charge in [-0.05, 0) is 19.2 Å². The summed E-state index contributed by atoms with van der Waals surface area (Å²) in [5.41, 5.74) is 0. The van der Waals surface area contributed by atoms with Gasteiger partial charge < -0.3 is 14.6 Å². The van der Waals surface area contributed by atoms with Crippen LogP contribution in [0.2, 0.25) is 0 Å². The summed E-state index contributed by atoms with van der Waals surface area (Å²) < 4.78 is 10.5. The van der Waals surface area contributed by atoms with Crippen LogP contribution in [0.3, 0.4) is 0 Å². The summed E-state index contributed by atoms with van der Waals surface area (Å²) in [5.74, 6) is 1.91. The Bertz CT molecular complexity index is 428. The molecule has 0 fully saturated rings. The molecule has 0 radical (unpaired) electrons. The molecule has 16 heavy (non-hydrogen) atoms. The van der Waals surface area contributed by atoms with E-state index in [0.29, 0.717) is 24.9 Å². The van der Waals surface area contributed by atoms with Gasteiger partial charge in [-0.2, -0.15) is 4.98 Å². The number of nitrogens with zero attached hydrogens (tertiary/aromatic N) is 2. The van der Waals surface area contributed by atoms with Gasteiger partial charge in [-0.25, -0.2) is 0 Å². The first-order valence-corrected chi connectivity index (χ1v) is 5.02. The van der Waals surface area contributed by atoms with Crippen LogP contribution in [0.15, 0.2) is 34.9 Å². The zero-order valence-corrected chi connectivity index (χ0v) is 9.01. The lowest BCUT2D eigenvalue weighted by molar-refractivity contribution is 0.285. The Kier molecular flexibility index (Phi) is 3.50. The van der Waals surface area contributed by atoms with Crippen LogP contribution in [-0.4, -0.2) is 17.2 Å². The SMILES string of the molecule is CNCc1nc(COc2ccccc2)no1. The third-order valence-electron chi connectivity index (χ3n) is 1.95. The molecule has 0 spiro atoms. The number of aromatic nitrogens is 2. The summed E-state index contributed by atoms with van der Waals surface area (Å²) in [5, 5.41) is 6.73. The van der Waals surface area contributed by atoms with Crippen LogP contribution in [0.5, 0.6) is 5.75 Å². The van der Waals surface area contributed by atoms with Gasteiger partial charge in [-0.3, -0.25) is 0 Å². The van der Waals surface area contributed by atoms with E-state index in [4.69, 9.17) is 9.26 Å². The zero-order valence-electron chi connectivity index (χ0n) is 9.01. The molecule has 0 saturated heterocycles. The maximum absolute atomic E-state index is 5.48. The van der Waals surface area contributed by atoms with Crippen molar-refractivity contribution in [2.75, 3.05) is 7.05 Å². The maximum atomic E-state index is 5.48. The van der Waals surface area contributed by atoms with Crippen molar-refractivity contribution in [1.29, 1.82) is 0 Å². The Morgan fingerprint density at radius 3 is 2.88 bits per heavy atom. The summed E-state index contributed by atoms with van der Waals surface area (Å²) in [4.78, 5) is 4.15. The summed E-state index contributed by atoms with van der Waals surface area (Å²) in [6.07, 6.45) is 0. The Morgan fingerprint density at radius 1 is 1.31 bits per heavy atom. The van der Waals surface area contributed by atoms with Crippen molar-refractivity contribution in [3.05, 3.63) is 42.0 Å². The lowest BCUT2D eigenvalue weighted by Gasteiger charge is -2.01. The second-order valence-electron chi connectivity index (χ2n) is 3.24. The minimum Gasteiger partial charge on any atom is -0.485 e. The molecule has 84 valence electrons. The number of benzene rings is 1. The minimum absolute atomic E-state index is 0.317. The molecule has 0 unspecified atom stereocenters. The van der Waals surface area contributed by atoms with Gasteiger partial charge in [-0.1, -0.05) is 23.4 Å². The molecule has 1 aromatic heterocycles. The first-order valence-electron chi connectivity index (χ1n) is 5.02. The average molecular weight is 219 g/mol. The van der Waals surface area contributed by atoms with Gasteiger partial charge in [0.25, 0.3) is 0 Å². The topological polar surface area (TPSA) is 60.2 Å². The lowest BCUT2D eigenvalue weighted by atomic mass is 10.3. The van der Waals surface area contributed by atoms with E-state index in [2.05, 4.69) is 15.5 Å². The molecule has 0 aliphatic carbocycles. The standard InChI is InChI=1S/C11H13N3O2/c1-12-7-11-13-10(14-16-11)8-15-9-5-3-2-4-6-9/h2-6,12H,7-8H2,1H3.